The Morgan fingerprint density at radius 3 is 2.42 bits per heavy atom. The number of rotatable bonds is 6. The molecule has 4 rings (SSSR count). The Balaban J connectivity index is 1.50. The third-order valence-electron chi connectivity index (χ3n) is 5.51. The van der Waals surface area contributed by atoms with Crippen LogP contribution in [0.15, 0.2) is 59.8 Å². The van der Waals surface area contributed by atoms with Crippen LogP contribution in [-0.4, -0.2) is 47.2 Å². The smallest absolute Gasteiger partial charge is 0.351 e. The number of nitrogens with one attached hydrogen (secondary N) is 1. The van der Waals surface area contributed by atoms with Crippen LogP contribution < -0.4 is 5.32 Å². The van der Waals surface area contributed by atoms with Gasteiger partial charge in [0.1, 0.15) is 23.8 Å². The number of amides is 1. The quantitative estimate of drug-likeness (QED) is 0.492. The van der Waals surface area contributed by atoms with Crippen molar-refractivity contribution >= 4 is 15.9 Å². The van der Waals surface area contributed by atoms with Crippen molar-refractivity contribution in [3.05, 3.63) is 77.6 Å². The highest BCUT2D eigenvalue weighted by Gasteiger charge is 2.44. The van der Waals surface area contributed by atoms with Crippen molar-refractivity contribution in [1.29, 1.82) is 0 Å². The van der Waals surface area contributed by atoms with Crippen LogP contribution in [0.3, 0.4) is 0 Å². The van der Waals surface area contributed by atoms with E-state index < -0.39 is 64.5 Å². The van der Waals surface area contributed by atoms with Crippen molar-refractivity contribution in [3.8, 4) is 5.69 Å². The van der Waals surface area contributed by atoms with E-state index in [0.717, 1.165) is 41.1 Å². The summed E-state index contributed by atoms with van der Waals surface area (Å²) in [7, 11) is -4.32. The van der Waals surface area contributed by atoms with Gasteiger partial charge in [0.15, 0.2) is 0 Å². The second-order valence-electron chi connectivity index (χ2n) is 8.08. The third-order valence-corrected chi connectivity index (χ3v) is 7.40. The Labute approximate surface area is 201 Å². The summed E-state index contributed by atoms with van der Waals surface area (Å²) in [4.78, 5) is 12.5. The van der Waals surface area contributed by atoms with Crippen LogP contribution in [-0.2, 0) is 27.5 Å². The van der Waals surface area contributed by atoms with Crippen LogP contribution in [0, 0.1) is 11.6 Å². The maximum atomic E-state index is 14.2. The lowest BCUT2D eigenvalue weighted by Crippen LogP contribution is -2.45. The number of alkyl halides is 4. The van der Waals surface area contributed by atoms with E-state index in [2.05, 4.69) is 10.4 Å². The lowest BCUT2D eigenvalue weighted by molar-refractivity contribution is -0.137. The maximum absolute atomic E-state index is 14.2. The number of nitrogens with zero attached hydrogens (tertiary/aromatic N) is 3. The second kappa shape index (κ2) is 9.58. The summed E-state index contributed by atoms with van der Waals surface area (Å²) < 4.78 is 107. The minimum absolute atomic E-state index is 0.0417. The predicted molar refractivity (Wildman–Crippen MR) is 114 cm³/mol. The average Bonchev–Trinajstić information content (AvgIpc) is 3.45. The van der Waals surface area contributed by atoms with Gasteiger partial charge in [0.05, 0.1) is 22.3 Å². The minimum atomic E-state index is -4.64. The fraction of sp³-hybridized carbons (Fsp3) is 0.273. The number of hydrogen-bond acceptors (Lipinski definition) is 4. The van der Waals surface area contributed by atoms with Gasteiger partial charge in [0, 0.05) is 25.7 Å². The van der Waals surface area contributed by atoms with Gasteiger partial charge in [-0.25, -0.2) is 26.3 Å². The number of carbonyl (C=O) groups excluding carboxylic acids is 1. The summed E-state index contributed by atoms with van der Waals surface area (Å²) in [6.07, 6.45) is -5.43. The number of benzene rings is 2. The molecule has 1 aromatic heterocycles. The van der Waals surface area contributed by atoms with Crippen LogP contribution in [0.25, 0.3) is 5.69 Å². The van der Waals surface area contributed by atoms with E-state index in [1.807, 2.05) is 0 Å². The Bertz CT molecular complexity index is 1380. The molecule has 1 aliphatic rings. The molecule has 1 amide bonds. The van der Waals surface area contributed by atoms with E-state index in [0.29, 0.717) is 16.7 Å². The zero-order valence-corrected chi connectivity index (χ0v) is 19.0. The van der Waals surface area contributed by atoms with Crippen molar-refractivity contribution in [1.82, 2.24) is 19.4 Å². The topological polar surface area (TPSA) is 84.3 Å². The molecule has 2 atom stereocenters. The number of aromatic nitrogens is 2. The van der Waals surface area contributed by atoms with Crippen LogP contribution >= 0.6 is 0 Å². The molecule has 2 aromatic carbocycles. The zero-order valence-electron chi connectivity index (χ0n) is 18.2. The molecular formula is C22H18F6N4O3S. The molecule has 0 spiro atoms. The molecule has 36 heavy (non-hydrogen) atoms. The molecule has 7 nitrogen and oxygen atoms in total. The Morgan fingerprint density at radius 1 is 1.08 bits per heavy atom. The third kappa shape index (κ3) is 5.38. The van der Waals surface area contributed by atoms with Gasteiger partial charge >= 0.3 is 6.18 Å². The number of hydrogen-bond donors (Lipinski definition) is 1. The van der Waals surface area contributed by atoms with Gasteiger partial charge in [0.25, 0.3) is 0 Å². The molecule has 0 unspecified atom stereocenters. The van der Waals surface area contributed by atoms with E-state index in [9.17, 15) is 39.6 Å². The number of carbonyl (C=O) groups is 1. The molecule has 3 aromatic rings. The Morgan fingerprint density at radius 2 is 1.78 bits per heavy atom. The van der Waals surface area contributed by atoms with Gasteiger partial charge in [-0.1, -0.05) is 0 Å². The van der Waals surface area contributed by atoms with Crippen LogP contribution in [0.2, 0.25) is 0 Å². The Kier molecular flexibility index (Phi) is 6.84. The van der Waals surface area contributed by atoms with Crippen LogP contribution in [0.1, 0.15) is 17.5 Å². The molecule has 1 saturated heterocycles. The second-order valence-corrected chi connectivity index (χ2v) is 9.97. The van der Waals surface area contributed by atoms with Crippen molar-refractivity contribution in [2.75, 3.05) is 6.54 Å². The first kappa shape index (κ1) is 25.7. The fourth-order valence-electron chi connectivity index (χ4n) is 3.79. The van der Waals surface area contributed by atoms with Crippen LogP contribution in [0.4, 0.5) is 26.3 Å². The molecule has 2 heterocycles. The summed E-state index contributed by atoms with van der Waals surface area (Å²) in [5, 5.41) is 5.99. The van der Waals surface area contributed by atoms with Gasteiger partial charge in [0.2, 0.25) is 15.9 Å². The molecule has 0 aliphatic carbocycles. The van der Waals surface area contributed by atoms with Crippen molar-refractivity contribution in [3.63, 3.8) is 0 Å². The van der Waals surface area contributed by atoms with Crippen LogP contribution in [0.5, 0.6) is 0 Å². The summed E-state index contributed by atoms with van der Waals surface area (Å²) in [5.74, 6) is -2.34. The molecule has 1 fully saturated rings. The highest BCUT2D eigenvalue weighted by atomic mass is 32.2. The van der Waals surface area contributed by atoms with Gasteiger partial charge < -0.3 is 5.32 Å². The highest BCUT2D eigenvalue weighted by molar-refractivity contribution is 7.89. The number of sulfonamides is 1. The molecule has 0 saturated carbocycles. The first-order chi connectivity index (χ1) is 16.8. The zero-order chi connectivity index (χ0) is 26.3. The summed E-state index contributed by atoms with van der Waals surface area (Å²) in [5.41, 5.74) is -0.934. The molecular weight excluding hydrogens is 514 g/mol. The van der Waals surface area contributed by atoms with Gasteiger partial charge in [-0.3, -0.25) is 4.79 Å². The lowest BCUT2D eigenvalue weighted by atomic mass is 10.1. The summed E-state index contributed by atoms with van der Waals surface area (Å²) in [6, 6.07) is 5.68. The standard InChI is InChI=1S/C22H18F6N4O3S/c23-15-1-3-19(4-2-15)36(34,35)32-12-17(25)8-20(32)21(33)29-9-13-5-16(24)7-18(6-13)31-11-14(10-30-31)22(26,27)28/h1-7,10-11,17,20H,8-9,12H2,(H,29,33)/t17-,20+/m1/s1. The largest absolute Gasteiger partial charge is 0.419 e. The summed E-state index contributed by atoms with van der Waals surface area (Å²) in [6.45, 7) is -0.905. The van der Waals surface area contributed by atoms with Crippen molar-refractivity contribution in [2.24, 2.45) is 0 Å². The monoisotopic (exact) mass is 532 g/mol. The van der Waals surface area contributed by atoms with Gasteiger partial charge in [-0.15, -0.1) is 0 Å². The first-order valence-corrected chi connectivity index (χ1v) is 11.9. The molecule has 192 valence electrons. The molecule has 0 bridgehead atoms. The van der Waals surface area contributed by atoms with E-state index in [1.165, 1.54) is 6.07 Å². The number of halogens is 6. The van der Waals surface area contributed by atoms with Crippen molar-refractivity contribution < 1.29 is 39.6 Å². The predicted octanol–water partition coefficient (Wildman–Crippen LogP) is 3.59. The molecule has 0 radical (unpaired) electrons. The molecule has 1 aliphatic heterocycles. The highest BCUT2D eigenvalue weighted by Crippen LogP contribution is 2.30. The molecule has 1 N–H and O–H groups in total. The van der Waals surface area contributed by atoms with E-state index in [1.54, 1.807) is 0 Å². The Hall–Kier alpha value is -3.39. The minimum Gasteiger partial charge on any atom is -0.351 e. The lowest BCUT2D eigenvalue weighted by Gasteiger charge is -2.23. The maximum Gasteiger partial charge on any atom is 0.419 e. The summed E-state index contributed by atoms with van der Waals surface area (Å²) >= 11 is 0. The first-order valence-electron chi connectivity index (χ1n) is 10.5. The SMILES string of the molecule is O=C(NCc1cc(F)cc(-n2cc(C(F)(F)F)cn2)c1)[C@@H]1C[C@@H](F)CN1S(=O)(=O)c1ccc(F)cc1. The van der Waals surface area contributed by atoms with Gasteiger partial charge in [-0.2, -0.15) is 22.6 Å². The van der Waals surface area contributed by atoms with E-state index in [4.69, 9.17) is 0 Å². The fourth-order valence-corrected chi connectivity index (χ4v) is 5.41. The van der Waals surface area contributed by atoms with Gasteiger partial charge in [-0.05, 0) is 48.0 Å². The van der Waals surface area contributed by atoms with E-state index in [-0.39, 0.29) is 22.7 Å². The average molecular weight is 532 g/mol. The molecule has 14 heteroatoms. The van der Waals surface area contributed by atoms with Crippen molar-refractivity contribution in [2.45, 2.75) is 36.3 Å². The normalized spacial score (nSPS) is 18.9. The van der Waals surface area contributed by atoms with E-state index >= 15 is 0 Å².